The SMILES string of the molecule is O=C(O)[C@H]1CCCN1S(=O)(=O)c1ccc2c(c1)OCO2. The van der Waals surface area contributed by atoms with Gasteiger partial charge in [-0.3, -0.25) is 4.79 Å². The lowest BCUT2D eigenvalue weighted by molar-refractivity contribution is -0.140. The molecule has 0 aliphatic carbocycles. The van der Waals surface area contributed by atoms with E-state index < -0.39 is 22.0 Å². The molecule has 2 heterocycles. The van der Waals surface area contributed by atoms with E-state index in [0.29, 0.717) is 24.3 Å². The number of nitrogens with zero attached hydrogens (tertiary/aromatic N) is 1. The molecule has 0 spiro atoms. The molecule has 1 aromatic carbocycles. The van der Waals surface area contributed by atoms with Gasteiger partial charge in [-0.05, 0) is 25.0 Å². The highest BCUT2D eigenvalue weighted by atomic mass is 32.2. The van der Waals surface area contributed by atoms with Crippen LogP contribution in [-0.4, -0.2) is 43.2 Å². The van der Waals surface area contributed by atoms with Gasteiger partial charge in [-0.15, -0.1) is 0 Å². The van der Waals surface area contributed by atoms with E-state index in [0.717, 1.165) is 4.31 Å². The average molecular weight is 299 g/mol. The van der Waals surface area contributed by atoms with Crippen molar-refractivity contribution < 1.29 is 27.8 Å². The van der Waals surface area contributed by atoms with Crippen LogP contribution in [0.4, 0.5) is 0 Å². The van der Waals surface area contributed by atoms with Crippen LogP contribution in [0.5, 0.6) is 11.5 Å². The van der Waals surface area contributed by atoms with Crippen molar-refractivity contribution in [2.75, 3.05) is 13.3 Å². The summed E-state index contributed by atoms with van der Waals surface area (Å²) in [5.74, 6) is -0.274. The highest BCUT2D eigenvalue weighted by Gasteiger charge is 2.39. The number of carboxylic acids is 1. The summed E-state index contributed by atoms with van der Waals surface area (Å²) in [6.07, 6.45) is 0.875. The molecule has 2 aliphatic rings. The fraction of sp³-hybridized carbons (Fsp3) is 0.417. The number of fused-ring (bicyclic) bond motifs is 1. The van der Waals surface area contributed by atoms with Gasteiger partial charge in [0.25, 0.3) is 0 Å². The number of sulfonamides is 1. The maximum atomic E-state index is 12.5. The van der Waals surface area contributed by atoms with Gasteiger partial charge in [0.1, 0.15) is 6.04 Å². The van der Waals surface area contributed by atoms with E-state index in [1.807, 2.05) is 0 Å². The fourth-order valence-electron chi connectivity index (χ4n) is 2.45. The predicted octanol–water partition coefficient (Wildman–Crippen LogP) is 0.653. The molecule has 7 nitrogen and oxygen atoms in total. The molecule has 1 fully saturated rings. The number of carbonyl (C=O) groups is 1. The molecule has 1 N–H and O–H groups in total. The van der Waals surface area contributed by atoms with Crippen LogP contribution in [-0.2, 0) is 14.8 Å². The lowest BCUT2D eigenvalue weighted by Crippen LogP contribution is -2.40. The molecule has 0 saturated carbocycles. The maximum Gasteiger partial charge on any atom is 0.322 e. The van der Waals surface area contributed by atoms with Crippen molar-refractivity contribution in [3.05, 3.63) is 18.2 Å². The molecule has 1 aromatic rings. The van der Waals surface area contributed by atoms with Gasteiger partial charge in [0.15, 0.2) is 11.5 Å². The third kappa shape index (κ3) is 2.01. The molecule has 1 saturated heterocycles. The second kappa shape index (κ2) is 4.64. The zero-order valence-electron chi connectivity index (χ0n) is 10.5. The van der Waals surface area contributed by atoms with Gasteiger partial charge >= 0.3 is 5.97 Å². The molecule has 0 amide bonds. The van der Waals surface area contributed by atoms with Crippen molar-refractivity contribution in [3.8, 4) is 11.5 Å². The molecule has 20 heavy (non-hydrogen) atoms. The number of carboxylic acid groups (broad SMARTS) is 1. The van der Waals surface area contributed by atoms with E-state index in [9.17, 15) is 13.2 Å². The Morgan fingerprint density at radius 1 is 1.30 bits per heavy atom. The van der Waals surface area contributed by atoms with Crippen molar-refractivity contribution in [1.82, 2.24) is 4.31 Å². The van der Waals surface area contributed by atoms with Crippen LogP contribution in [0.25, 0.3) is 0 Å². The summed E-state index contributed by atoms with van der Waals surface area (Å²) in [6, 6.07) is 3.29. The van der Waals surface area contributed by atoms with E-state index in [1.54, 1.807) is 0 Å². The van der Waals surface area contributed by atoms with Gasteiger partial charge < -0.3 is 14.6 Å². The first-order chi connectivity index (χ1) is 9.50. The Kier molecular flexibility index (Phi) is 3.06. The first-order valence-electron chi connectivity index (χ1n) is 6.14. The smallest absolute Gasteiger partial charge is 0.322 e. The van der Waals surface area contributed by atoms with Crippen molar-refractivity contribution in [1.29, 1.82) is 0 Å². The molecule has 0 bridgehead atoms. The summed E-state index contributed by atoms with van der Waals surface area (Å²) in [7, 11) is -3.84. The van der Waals surface area contributed by atoms with Crippen molar-refractivity contribution in [2.24, 2.45) is 0 Å². The monoisotopic (exact) mass is 299 g/mol. The Morgan fingerprint density at radius 3 is 2.80 bits per heavy atom. The second-order valence-corrected chi connectivity index (χ2v) is 6.52. The summed E-state index contributed by atoms with van der Waals surface area (Å²) in [5, 5.41) is 9.10. The lowest BCUT2D eigenvalue weighted by atomic mass is 10.2. The van der Waals surface area contributed by atoms with Crippen molar-refractivity contribution >= 4 is 16.0 Å². The number of benzene rings is 1. The highest BCUT2D eigenvalue weighted by molar-refractivity contribution is 7.89. The summed E-state index contributed by atoms with van der Waals surface area (Å²) >= 11 is 0. The van der Waals surface area contributed by atoms with Gasteiger partial charge in [0.2, 0.25) is 16.8 Å². The summed E-state index contributed by atoms with van der Waals surface area (Å²) < 4.78 is 36.3. The number of hydrogen-bond acceptors (Lipinski definition) is 5. The third-order valence-corrected chi connectivity index (χ3v) is 5.34. The molecule has 8 heteroatoms. The van der Waals surface area contributed by atoms with Crippen molar-refractivity contribution in [3.63, 3.8) is 0 Å². The zero-order valence-corrected chi connectivity index (χ0v) is 11.3. The Balaban J connectivity index is 1.97. The minimum Gasteiger partial charge on any atom is -0.480 e. The lowest BCUT2D eigenvalue weighted by Gasteiger charge is -2.21. The van der Waals surface area contributed by atoms with Crippen LogP contribution in [0.1, 0.15) is 12.8 Å². The number of aliphatic carboxylic acids is 1. The van der Waals surface area contributed by atoms with E-state index in [1.165, 1.54) is 18.2 Å². The minimum atomic E-state index is -3.84. The van der Waals surface area contributed by atoms with Crippen LogP contribution in [0.15, 0.2) is 23.1 Å². The van der Waals surface area contributed by atoms with Gasteiger partial charge in [-0.2, -0.15) is 4.31 Å². The molecule has 0 aromatic heterocycles. The zero-order chi connectivity index (χ0) is 14.3. The molecule has 3 rings (SSSR count). The van der Waals surface area contributed by atoms with Crippen molar-refractivity contribution in [2.45, 2.75) is 23.8 Å². The Bertz CT molecular complexity index is 656. The molecule has 0 unspecified atom stereocenters. The number of rotatable bonds is 3. The van der Waals surface area contributed by atoms with Gasteiger partial charge in [0, 0.05) is 12.6 Å². The van der Waals surface area contributed by atoms with Crippen LogP contribution in [0, 0.1) is 0 Å². The van der Waals surface area contributed by atoms with Crippen LogP contribution >= 0.6 is 0 Å². The molecule has 2 aliphatic heterocycles. The Hall–Kier alpha value is -1.80. The van der Waals surface area contributed by atoms with Crippen LogP contribution < -0.4 is 9.47 Å². The minimum absolute atomic E-state index is 0.0231. The average Bonchev–Trinajstić information content (AvgIpc) is 3.06. The second-order valence-electron chi connectivity index (χ2n) is 4.63. The predicted molar refractivity (Wildman–Crippen MR) is 67.1 cm³/mol. The summed E-state index contributed by atoms with van der Waals surface area (Å²) in [6.45, 7) is 0.272. The highest BCUT2D eigenvalue weighted by Crippen LogP contribution is 2.35. The summed E-state index contributed by atoms with van der Waals surface area (Å²) in [5.41, 5.74) is 0. The topological polar surface area (TPSA) is 93.1 Å². The van der Waals surface area contributed by atoms with Gasteiger partial charge in [-0.25, -0.2) is 8.42 Å². The van der Waals surface area contributed by atoms with E-state index in [2.05, 4.69) is 0 Å². The molecule has 108 valence electrons. The quantitative estimate of drug-likeness (QED) is 0.881. The molecule has 1 atom stereocenters. The maximum absolute atomic E-state index is 12.5. The number of ether oxygens (including phenoxy) is 2. The fourth-order valence-corrected chi connectivity index (χ4v) is 4.11. The van der Waals surface area contributed by atoms with E-state index in [-0.39, 0.29) is 18.2 Å². The largest absolute Gasteiger partial charge is 0.480 e. The molecular weight excluding hydrogens is 286 g/mol. The molecule has 0 radical (unpaired) electrons. The first kappa shape index (κ1) is 13.2. The third-order valence-electron chi connectivity index (χ3n) is 3.44. The van der Waals surface area contributed by atoms with Gasteiger partial charge in [-0.1, -0.05) is 0 Å². The number of hydrogen-bond donors (Lipinski definition) is 1. The standard InChI is InChI=1S/C12H13NO6S/c14-12(15)9-2-1-5-13(9)20(16,17)8-3-4-10-11(6-8)19-7-18-10/h3-4,6,9H,1-2,5,7H2,(H,14,15)/t9-/m1/s1. The van der Waals surface area contributed by atoms with Gasteiger partial charge in [0.05, 0.1) is 4.90 Å². The molecular formula is C12H13NO6S. The van der Waals surface area contributed by atoms with Crippen LogP contribution in [0.3, 0.4) is 0 Å². The van der Waals surface area contributed by atoms with E-state index >= 15 is 0 Å². The Labute approximate surface area is 115 Å². The normalized spacial score (nSPS) is 22.1. The first-order valence-corrected chi connectivity index (χ1v) is 7.58. The Morgan fingerprint density at radius 2 is 2.05 bits per heavy atom. The summed E-state index contributed by atoms with van der Waals surface area (Å²) in [4.78, 5) is 11.1. The van der Waals surface area contributed by atoms with Crippen LogP contribution in [0.2, 0.25) is 0 Å². The van der Waals surface area contributed by atoms with E-state index in [4.69, 9.17) is 14.6 Å².